The maximum atomic E-state index is 12.9. The van der Waals surface area contributed by atoms with Crippen LogP contribution in [0.25, 0.3) is 0 Å². The van der Waals surface area contributed by atoms with Crippen molar-refractivity contribution in [2.45, 2.75) is 18.9 Å². The van der Waals surface area contributed by atoms with Crippen molar-refractivity contribution >= 4 is 0 Å². The molecule has 0 amide bonds. The monoisotopic (exact) mass is 330 g/mol. The van der Waals surface area contributed by atoms with E-state index >= 15 is 0 Å². The molecule has 3 nitrogen and oxygen atoms in total. The summed E-state index contributed by atoms with van der Waals surface area (Å²) < 4.78 is 61.5. The van der Waals surface area contributed by atoms with Crippen LogP contribution in [0.2, 0.25) is 0 Å². The molecule has 2 aromatic rings. The summed E-state index contributed by atoms with van der Waals surface area (Å²) in [6.45, 7) is -0.0990. The molecule has 0 heterocycles. The molecule has 0 radical (unpaired) electrons. The first-order chi connectivity index (χ1) is 10.8. The number of ether oxygens (including phenoxy) is 2. The van der Waals surface area contributed by atoms with Crippen LogP contribution in [0.1, 0.15) is 17.2 Å². The lowest BCUT2D eigenvalue weighted by Crippen LogP contribution is -2.21. The van der Waals surface area contributed by atoms with Crippen LogP contribution >= 0.6 is 0 Å². The van der Waals surface area contributed by atoms with Crippen molar-refractivity contribution in [1.29, 1.82) is 0 Å². The highest BCUT2D eigenvalue weighted by molar-refractivity contribution is 5.48. The number of methoxy groups -OCH3 is 1. The van der Waals surface area contributed by atoms with Gasteiger partial charge in [-0.3, -0.25) is 0 Å². The van der Waals surface area contributed by atoms with E-state index in [0.717, 1.165) is 6.07 Å². The molecule has 0 aliphatic heterocycles. The number of halogens is 4. The number of aliphatic hydroxyl groups is 1. The molecule has 0 spiro atoms. The quantitative estimate of drug-likeness (QED) is 0.842. The molecular weight excluding hydrogens is 316 g/mol. The topological polar surface area (TPSA) is 38.7 Å². The first-order valence-corrected chi connectivity index (χ1v) is 6.62. The van der Waals surface area contributed by atoms with Gasteiger partial charge in [-0.25, -0.2) is 4.39 Å². The lowest BCUT2D eigenvalue weighted by atomic mass is 10.1. The van der Waals surface area contributed by atoms with Crippen LogP contribution in [0.5, 0.6) is 11.5 Å². The molecule has 0 saturated heterocycles. The van der Waals surface area contributed by atoms with Crippen LogP contribution in [0.15, 0.2) is 42.5 Å². The molecule has 2 rings (SSSR count). The first-order valence-electron chi connectivity index (χ1n) is 6.62. The number of hydrogen-bond acceptors (Lipinski definition) is 3. The predicted molar refractivity (Wildman–Crippen MR) is 74.7 cm³/mol. The third-order valence-corrected chi connectivity index (χ3v) is 3.13. The van der Waals surface area contributed by atoms with Gasteiger partial charge in [-0.05, 0) is 23.8 Å². The molecule has 23 heavy (non-hydrogen) atoms. The average molecular weight is 330 g/mol. The van der Waals surface area contributed by atoms with Gasteiger partial charge in [0.2, 0.25) is 0 Å². The second-order valence-electron chi connectivity index (χ2n) is 4.74. The van der Waals surface area contributed by atoms with E-state index in [1.807, 2.05) is 0 Å². The minimum absolute atomic E-state index is 0.0629. The molecule has 0 saturated carbocycles. The second kappa shape index (κ2) is 6.87. The normalized spacial score (nSPS) is 12.8. The van der Waals surface area contributed by atoms with Crippen molar-refractivity contribution in [2.24, 2.45) is 0 Å². The summed E-state index contributed by atoms with van der Waals surface area (Å²) in [6.07, 6.45) is -7.53. The summed E-state index contributed by atoms with van der Waals surface area (Å²) in [5.41, 5.74) is 0.115. The number of rotatable bonds is 5. The summed E-state index contributed by atoms with van der Waals surface area (Å²) in [4.78, 5) is 0. The van der Waals surface area contributed by atoms with Crippen molar-refractivity contribution in [3.63, 3.8) is 0 Å². The Hall–Kier alpha value is -2.28. The maximum absolute atomic E-state index is 12.9. The molecule has 0 aliphatic carbocycles. The Morgan fingerprint density at radius 1 is 1.09 bits per heavy atom. The van der Waals surface area contributed by atoms with Gasteiger partial charge >= 0.3 is 6.18 Å². The minimum Gasteiger partial charge on any atom is -0.493 e. The van der Waals surface area contributed by atoms with E-state index in [4.69, 9.17) is 9.47 Å². The number of para-hydroxylation sites is 1. The first kappa shape index (κ1) is 17.1. The molecule has 0 bridgehead atoms. The molecule has 1 N–H and O–H groups in total. The van der Waals surface area contributed by atoms with Gasteiger partial charge in [0, 0.05) is 5.56 Å². The van der Waals surface area contributed by atoms with Crippen LogP contribution in [0, 0.1) is 5.82 Å². The highest BCUT2D eigenvalue weighted by Crippen LogP contribution is 2.41. The molecule has 1 atom stereocenters. The van der Waals surface area contributed by atoms with Crippen LogP contribution in [0.3, 0.4) is 0 Å². The molecule has 124 valence electrons. The Morgan fingerprint density at radius 3 is 2.30 bits per heavy atom. The lowest BCUT2D eigenvalue weighted by molar-refractivity contribution is -0.207. The Kier molecular flexibility index (Phi) is 5.10. The Balaban J connectivity index is 2.30. The molecule has 0 aromatic heterocycles. The third kappa shape index (κ3) is 4.13. The predicted octanol–water partition coefficient (Wildman–Crippen LogP) is 4.01. The van der Waals surface area contributed by atoms with Crippen molar-refractivity contribution in [3.05, 3.63) is 59.4 Å². The van der Waals surface area contributed by atoms with Gasteiger partial charge in [0.05, 0.1) is 7.11 Å². The van der Waals surface area contributed by atoms with Gasteiger partial charge < -0.3 is 14.6 Å². The fourth-order valence-electron chi connectivity index (χ4n) is 1.98. The van der Waals surface area contributed by atoms with Gasteiger partial charge in [-0.15, -0.1) is 0 Å². The number of hydrogen-bond donors (Lipinski definition) is 1. The van der Waals surface area contributed by atoms with Gasteiger partial charge in [-0.2, -0.15) is 13.2 Å². The summed E-state index contributed by atoms with van der Waals surface area (Å²) in [5.74, 6) is -0.573. The highest BCUT2D eigenvalue weighted by Gasteiger charge is 2.41. The van der Waals surface area contributed by atoms with Gasteiger partial charge in [0.1, 0.15) is 12.4 Å². The van der Waals surface area contributed by atoms with Gasteiger partial charge in [0.25, 0.3) is 0 Å². The zero-order valence-corrected chi connectivity index (χ0v) is 12.1. The molecule has 2 aromatic carbocycles. The number of aliphatic hydroxyl groups excluding tert-OH is 1. The van der Waals surface area contributed by atoms with Crippen LogP contribution in [0.4, 0.5) is 17.6 Å². The Bertz CT molecular complexity index is 653. The summed E-state index contributed by atoms with van der Waals surface area (Å²) >= 11 is 0. The van der Waals surface area contributed by atoms with Gasteiger partial charge in [-0.1, -0.05) is 24.3 Å². The van der Waals surface area contributed by atoms with Crippen molar-refractivity contribution < 1.29 is 32.1 Å². The van der Waals surface area contributed by atoms with Crippen LogP contribution < -0.4 is 9.47 Å². The zero-order chi connectivity index (χ0) is 17.0. The minimum atomic E-state index is -4.83. The zero-order valence-electron chi connectivity index (χ0n) is 12.1. The van der Waals surface area contributed by atoms with Crippen LogP contribution in [-0.4, -0.2) is 18.4 Å². The van der Waals surface area contributed by atoms with E-state index in [-0.39, 0.29) is 18.1 Å². The Labute approximate surface area is 130 Å². The van der Waals surface area contributed by atoms with E-state index in [9.17, 15) is 22.7 Å². The van der Waals surface area contributed by atoms with E-state index in [2.05, 4.69) is 0 Å². The molecular formula is C16H14F4O3. The molecule has 0 fully saturated rings. The van der Waals surface area contributed by atoms with Crippen LogP contribution in [-0.2, 0) is 6.61 Å². The highest BCUT2D eigenvalue weighted by atomic mass is 19.4. The van der Waals surface area contributed by atoms with E-state index in [1.165, 1.54) is 43.5 Å². The SMILES string of the molecule is COc1cccc(C(O)C(F)(F)F)c1OCc1ccc(F)cc1. The van der Waals surface area contributed by atoms with Crippen molar-refractivity contribution in [3.8, 4) is 11.5 Å². The smallest absolute Gasteiger partial charge is 0.418 e. The second-order valence-corrected chi connectivity index (χ2v) is 4.74. The maximum Gasteiger partial charge on any atom is 0.418 e. The summed E-state index contributed by atoms with van der Waals surface area (Å²) in [5, 5.41) is 9.48. The largest absolute Gasteiger partial charge is 0.493 e. The number of alkyl halides is 3. The molecule has 1 unspecified atom stereocenters. The van der Waals surface area contributed by atoms with Crippen molar-refractivity contribution in [2.75, 3.05) is 7.11 Å². The summed E-state index contributed by atoms with van der Waals surface area (Å²) in [7, 11) is 1.28. The van der Waals surface area contributed by atoms with Crippen molar-refractivity contribution in [1.82, 2.24) is 0 Å². The average Bonchev–Trinajstić information content (AvgIpc) is 2.52. The lowest BCUT2D eigenvalue weighted by Gasteiger charge is -2.20. The fraction of sp³-hybridized carbons (Fsp3) is 0.250. The molecule has 0 aliphatic rings. The van der Waals surface area contributed by atoms with Gasteiger partial charge in [0.15, 0.2) is 17.6 Å². The molecule has 7 heteroatoms. The summed E-state index contributed by atoms with van der Waals surface area (Å²) in [6, 6.07) is 9.19. The van der Waals surface area contributed by atoms with E-state index < -0.39 is 23.7 Å². The van der Waals surface area contributed by atoms with E-state index in [1.54, 1.807) is 0 Å². The Morgan fingerprint density at radius 2 is 1.74 bits per heavy atom. The van der Waals surface area contributed by atoms with E-state index in [0.29, 0.717) is 5.56 Å². The fourth-order valence-corrected chi connectivity index (χ4v) is 1.98. The number of benzene rings is 2. The standard InChI is InChI=1S/C16H14F4O3/c1-22-13-4-2-3-12(15(21)16(18,19)20)14(13)23-9-10-5-7-11(17)8-6-10/h2-8,15,21H,9H2,1H3. The third-order valence-electron chi connectivity index (χ3n) is 3.13.